The van der Waals surface area contributed by atoms with Gasteiger partial charge >= 0.3 is 11.9 Å². The summed E-state index contributed by atoms with van der Waals surface area (Å²) in [6.07, 6.45) is 1.63. The molecular formula is C21H21NO5. The first-order valence-corrected chi connectivity index (χ1v) is 8.45. The van der Waals surface area contributed by atoms with Gasteiger partial charge in [0.05, 0.1) is 16.6 Å². The lowest BCUT2D eigenvalue weighted by molar-refractivity contribution is 0.0696. The van der Waals surface area contributed by atoms with Gasteiger partial charge < -0.3 is 15.3 Å². The number of fused-ring (bicyclic) bond motifs is 1. The molecule has 27 heavy (non-hydrogen) atoms. The van der Waals surface area contributed by atoms with E-state index < -0.39 is 11.9 Å². The van der Waals surface area contributed by atoms with Crippen LogP contribution in [0.5, 0.6) is 0 Å². The molecule has 3 rings (SSSR count). The highest BCUT2D eigenvalue weighted by atomic mass is 16.4. The summed E-state index contributed by atoms with van der Waals surface area (Å²) in [7, 11) is 0. The molecule has 0 fully saturated rings. The predicted molar refractivity (Wildman–Crippen MR) is 102 cm³/mol. The summed E-state index contributed by atoms with van der Waals surface area (Å²) in [4.78, 5) is 25.7. The number of carboxylic acids is 2. The minimum atomic E-state index is -1.11. The summed E-state index contributed by atoms with van der Waals surface area (Å²) >= 11 is 0. The number of hydrogen-bond acceptors (Lipinski definition) is 4. The number of hydrogen-bond donors (Lipinski definition) is 3. The molecule has 6 nitrogen and oxygen atoms in total. The lowest BCUT2D eigenvalue weighted by Crippen LogP contribution is -2.06. The van der Waals surface area contributed by atoms with Crippen molar-refractivity contribution in [1.29, 1.82) is 0 Å². The van der Waals surface area contributed by atoms with Crippen LogP contribution in [0.25, 0.3) is 10.9 Å². The summed E-state index contributed by atoms with van der Waals surface area (Å²) in [5, 5.41) is 27.2. The van der Waals surface area contributed by atoms with Crippen LogP contribution < -0.4 is 0 Å². The Bertz CT molecular complexity index is 920. The molecule has 0 unspecified atom stereocenters. The second-order valence-electron chi connectivity index (χ2n) is 5.91. The molecule has 2 aromatic carbocycles. The van der Waals surface area contributed by atoms with Crippen molar-refractivity contribution < 1.29 is 24.9 Å². The average Bonchev–Trinajstić information content (AvgIpc) is 2.66. The van der Waals surface area contributed by atoms with Gasteiger partial charge in [0.1, 0.15) is 0 Å². The van der Waals surface area contributed by atoms with Crippen LogP contribution in [0.3, 0.4) is 0 Å². The van der Waals surface area contributed by atoms with Crippen molar-refractivity contribution in [3.8, 4) is 0 Å². The summed E-state index contributed by atoms with van der Waals surface area (Å²) in [5.41, 5.74) is 2.42. The van der Waals surface area contributed by atoms with Gasteiger partial charge in [-0.1, -0.05) is 30.3 Å². The molecule has 0 saturated carbocycles. The Hall–Kier alpha value is -3.25. The van der Waals surface area contributed by atoms with E-state index in [4.69, 9.17) is 15.3 Å². The van der Waals surface area contributed by atoms with Crippen LogP contribution in [-0.2, 0) is 6.42 Å². The minimum Gasteiger partial charge on any atom is -0.478 e. The van der Waals surface area contributed by atoms with Gasteiger partial charge in [0, 0.05) is 17.7 Å². The number of pyridine rings is 1. The Morgan fingerprint density at radius 2 is 1.52 bits per heavy atom. The normalized spacial score (nSPS) is 10.1. The van der Waals surface area contributed by atoms with E-state index in [0.717, 1.165) is 24.1 Å². The zero-order chi connectivity index (χ0) is 19.8. The Morgan fingerprint density at radius 1 is 0.889 bits per heavy atom. The molecule has 0 atom stereocenters. The van der Waals surface area contributed by atoms with E-state index in [1.54, 1.807) is 0 Å². The quantitative estimate of drug-likeness (QED) is 0.636. The number of aromatic nitrogens is 1. The Balaban J connectivity index is 0.000000194. The van der Waals surface area contributed by atoms with Gasteiger partial charge in [0.25, 0.3) is 0 Å². The molecule has 6 heteroatoms. The topological polar surface area (TPSA) is 108 Å². The molecule has 0 aliphatic heterocycles. The SMILES string of the molecule is Cc1c(C(=O)O)cccc1C(=O)O.OCCCc1ccc2ccccc2n1. The molecule has 0 bridgehead atoms. The zero-order valence-electron chi connectivity index (χ0n) is 14.9. The van der Waals surface area contributed by atoms with Gasteiger partial charge in [0.2, 0.25) is 0 Å². The number of carboxylic acid groups (broad SMARTS) is 2. The second kappa shape index (κ2) is 9.45. The van der Waals surface area contributed by atoms with Crippen LogP contribution in [0, 0.1) is 6.92 Å². The zero-order valence-corrected chi connectivity index (χ0v) is 14.9. The van der Waals surface area contributed by atoms with E-state index in [0.29, 0.717) is 0 Å². The lowest BCUT2D eigenvalue weighted by atomic mass is 10.0. The first-order chi connectivity index (χ1) is 12.9. The standard InChI is InChI=1S/C12H13NO.C9H8O4/c14-9-3-5-11-8-7-10-4-1-2-6-12(10)13-11;1-5-6(8(10)11)3-2-4-7(5)9(12)13/h1-2,4,6-8,14H,3,5,9H2;2-4H,1H3,(H,10,11)(H,12,13). The highest BCUT2D eigenvalue weighted by Gasteiger charge is 2.13. The number of aliphatic hydroxyl groups is 1. The van der Waals surface area contributed by atoms with E-state index in [2.05, 4.69) is 17.1 Å². The Labute approximate surface area is 156 Å². The number of aliphatic hydroxyl groups excluding tert-OH is 1. The molecule has 1 aromatic heterocycles. The van der Waals surface area contributed by atoms with Crippen molar-refractivity contribution in [3.63, 3.8) is 0 Å². The molecule has 0 amide bonds. The lowest BCUT2D eigenvalue weighted by Gasteiger charge is -2.03. The van der Waals surface area contributed by atoms with Gasteiger partial charge in [-0.05, 0) is 49.6 Å². The van der Waals surface area contributed by atoms with Crippen molar-refractivity contribution in [2.75, 3.05) is 6.61 Å². The van der Waals surface area contributed by atoms with Gasteiger partial charge in [-0.2, -0.15) is 0 Å². The van der Waals surface area contributed by atoms with E-state index >= 15 is 0 Å². The maximum absolute atomic E-state index is 10.6. The number of para-hydroxylation sites is 1. The van der Waals surface area contributed by atoms with Crippen LogP contribution in [0.15, 0.2) is 54.6 Å². The van der Waals surface area contributed by atoms with Crippen LogP contribution in [-0.4, -0.2) is 38.8 Å². The van der Waals surface area contributed by atoms with Crippen molar-refractivity contribution in [2.45, 2.75) is 19.8 Å². The molecule has 140 valence electrons. The van der Waals surface area contributed by atoms with Crippen molar-refractivity contribution in [2.24, 2.45) is 0 Å². The van der Waals surface area contributed by atoms with Crippen LogP contribution in [0.4, 0.5) is 0 Å². The fourth-order valence-electron chi connectivity index (χ4n) is 2.61. The monoisotopic (exact) mass is 367 g/mol. The molecular weight excluding hydrogens is 346 g/mol. The maximum Gasteiger partial charge on any atom is 0.335 e. The molecule has 3 N–H and O–H groups in total. The summed E-state index contributed by atoms with van der Waals surface area (Å²) in [6.45, 7) is 1.71. The third-order valence-corrected chi connectivity index (χ3v) is 4.04. The largest absolute Gasteiger partial charge is 0.478 e. The fraction of sp³-hybridized carbons (Fsp3) is 0.190. The Morgan fingerprint density at radius 3 is 2.11 bits per heavy atom. The van der Waals surface area contributed by atoms with E-state index in [-0.39, 0.29) is 23.3 Å². The fourth-order valence-corrected chi connectivity index (χ4v) is 2.61. The van der Waals surface area contributed by atoms with Crippen LogP contribution >= 0.6 is 0 Å². The van der Waals surface area contributed by atoms with Crippen molar-refractivity contribution in [1.82, 2.24) is 4.98 Å². The van der Waals surface area contributed by atoms with Gasteiger partial charge in [0.15, 0.2) is 0 Å². The van der Waals surface area contributed by atoms with Gasteiger partial charge in [-0.15, -0.1) is 0 Å². The highest BCUT2D eigenvalue weighted by Crippen LogP contribution is 2.14. The molecule has 0 spiro atoms. The van der Waals surface area contributed by atoms with Crippen LogP contribution in [0.1, 0.15) is 38.4 Å². The van der Waals surface area contributed by atoms with Crippen LogP contribution in [0.2, 0.25) is 0 Å². The van der Waals surface area contributed by atoms with E-state index in [1.165, 1.54) is 30.5 Å². The number of aryl methyl sites for hydroxylation is 1. The number of rotatable bonds is 5. The number of benzene rings is 2. The average molecular weight is 367 g/mol. The molecule has 0 radical (unpaired) electrons. The van der Waals surface area contributed by atoms with E-state index in [1.807, 2.05) is 24.3 Å². The summed E-state index contributed by atoms with van der Waals surface area (Å²) in [5.74, 6) is -2.22. The predicted octanol–water partition coefficient (Wildman–Crippen LogP) is 3.55. The third-order valence-electron chi connectivity index (χ3n) is 4.04. The van der Waals surface area contributed by atoms with E-state index in [9.17, 15) is 9.59 Å². The number of carbonyl (C=O) groups is 2. The highest BCUT2D eigenvalue weighted by molar-refractivity contribution is 5.96. The third kappa shape index (κ3) is 5.36. The molecule has 0 aliphatic carbocycles. The molecule has 3 aromatic rings. The Kier molecular flexibility index (Phi) is 7.02. The minimum absolute atomic E-state index is 0.0277. The second-order valence-corrected chi connectivity index (χ2v) is 5.91. The molecule has 1 heterocycles. The smallest absolute Gasteiger partial charge is 0.335 e. The number of aromatic carboxylic acids is 2. The first kappa shape index (κ1) is 20.1. The summed E-state index contributed by atoms with van der Waals surface area (Å²) < 4.78 is 0. The number of nitrogens with zero attached hydrogens (tertiary/aromatic N) is 1. The van der Waals surface area contributed by atoms with Crippen molar-refractivity contribution >= 4 is 22.8 Å². The molecule has 0 saturated heterocycles. The first-order valence-electron chi connectivity index (χ1n) is 8.45. The maximum atomic E-state index is 10.6. The van der Waals surface area contributed by atoms with Gasteiger partial charge in [-0.25, -0.2) is 9.59 Å². The summed E-state index contributed by atoms with van der Waals surface area (Å²) in [6, 6.07) is 16.3. The van der Waals surface area contributed by atoms with Crippen molar-refractivity contribution in [3.05, 3.63) is 77.0 Å². The van der Waals surface area contributed by atoms with Gasteiger partial charge in [-0.3, -0.25) is 4.98 Å². The molecule has 0 aliphatic rings.